The van der Waals surface area contributed by atoms with Gasteiger partial charge in [0, 0.05) is 85.5 Å². The number of aromatic nitrogens is 12. The van der Waals surface area contributed by atoms with E-state index in [0.29, 0.717) is 88.1 Å². The lowest BCUT2D eigenvalue weighted by Gasteiger charge is -2.20. The van der Waals surface area contributed by atoms with Gasteiger partial charge in [-0.3, -0.25) is 38.1 Å². The molecule has 470 valence electrons. The van der Waals surface area contributed by atoms with E-state index in [2.05, 4.69) is 51.4 Å². The van der Waals surface area contributed by atoms with Crippen molar-refractivity contribution in [3.63, 3.8) is 0 Å². The molecule has 0 saturated heterocycles. The second-order valence-corrected chi connectivity index (χ2v) is 22.7. The van der Waals surface area contributed by atoms with Gasteiger partial charge in [-0.15, -0.1) is 0 Å². The molecule has 22 nitrogen and oxygen atoms in total. The van der Waals surface area contributed by atoms with Gasteiger partial charge in [0.25, 0.3) is 5.91 Å². The molecule has 4 aliphatic heterocycles. The zero-order valence-corrected chi connectivity index (χ0v) is 50.1. The standard InChI is InChI=1S/C33H26ClF3N8O3.C29H24ClF3N8O3/c1-43-16-21-20-13-39-27(46)8-3-2-5-18-6-4-7-19-12-38-14-26(28(18)19)45-32(47)41-31(40-30(20)22(34)11-25(21)42-43)44(33(45)48)15-17-9-23(35)29(37)24(36)10-17;1-39-14-18-16-5-3-2-4-7-35-26(42)17-6-8-34-12-23(17)41-28(43)37-27(36-25(16)19(30)11-22(18)38-39)40(29(41)44)13-15-9-20(31)24(33)21(32)10-15/h4,6-7,9-12,14,16H,2-3,5,8,13,15H2,1H3,(H,39,46)(H,40,41,47);6,8-12,14H,2-5,7,13H2,1H3,(H,35,42)(H,36,37,43). The Morgan fingerprint density at radius 3 is 1.70 bits per heavy atom. The SMILES string of the molecule is Cn1cc2c3c(c(Cl)cc2n1)Nc1nc(=O)n(c(=O)n1Cc1cc(F)c(F)c(F)c1)-c1cncc2cccc(c12)CCCCC(=O)NC3.Cn1cc2c3c(c(Cl)cc2n1)Nc1nc(=O)n(c(=O)n1Cc1cc(F)c(F)c(F)c1)-c1cnccc1C(=O)NCCCCC3. The van der Waals surface area contributed by atoms with Crippen LogP contribution in [0.1, 0.15) is 76.7 Å². The molecule has 0 saturated carbocycles. The van der Waals surface area contributed by atoms with Gasteiger partial charge in [0.1, 0.15) is 0 Å². The van der Waals surface area contributed by atoms with Crippen LogP contribution in [0.2, 0.25) is 10.0 Å². The van der Waals surface area contributed by atoms with Crippen molar-refractivity contribution in [2.45, 2.75) is 71.0 Å². The third kappa shape index (κ3) is 12.1. The highest BCUT2D eigenvalue weighted by atomic mass is 35.5. The summed E-state index contributed by atoms with van der Waals surface area (Å²) in [6, 6.07) is 13.0. The van der Waals surface area contributed by atoms with E-state index in [4.69, 9.17) is 23.2 Å². The molecule has 0 spiro atoms. The van der Waals surface area contributed by atoms with E-state index >= 15 is 0 Å². The molecule has 0 atom stereocenters. The van der Waals surface area contributed by atoms with Crippen LogP contribution in [0.3, 0.4) is 0 Å². The van der Waals surface area contributed by atoms with E-state index in [9.17, 15) is 55.1 Å². The van der Waals surface area contributed by atoms with Gasteiger partial charge in [-0.25, -0.2) is 54.7 Å². The predicted molar refractivity (Wildman–Crippen MR) is 329 cm³/mol. The van der Waals surface area contributed by atoms with E-state index < -0.39 is 76.7 Å². The first-order valence-corrected chi connectivity index (χ1v) is 29.4. The Kier molecular flexibility index (Phi) is 17.1. The molecule has 30 heteroatoms. The van der Waals surface area contributed by atoms with Gasteiger partial charge in [0.2, 0.25) is 17.8 Å². The number of rotatable bonds is 4. The predicted octanol–water partition coefficient (Wildman–Crippen LogP) is 9.03. The summed E-state index contributed by atoms with van der Waals surface area (Å²) in [5.41, 5.74) is -0.403. The fraction of sp³-hybridized carbons (Fsp3) is 0.226. The summed E-state index contributed by atoms with van der Waals surface area (Å²) >= 11 is 13.5. The van der Waals surface area contributed by atoms with Gasteiger partial charge >= 0.3 is 22.8 Å². The van der Waals surface area contributed by atoms with E-state index in [1.165, 1.54) is 24.7 Å². The van der Waals surface area contributed by atoms with Gasteiger partial charge in [0.15, 0.2) is 34.9 Å². The maximum Gasteiger partial charge on any atom is 0.359 e. The largest absolute Gasteiger partial charge is 0.359 e. The molecule has 0 fully saturated rings. The van der Waals surface area contributed by atoms with E-state index in [0.717, 1.165) is 60.9 Å². The Morgan fingerprint density at radius 1 is 0.565 bits per heavy atom. The summed E-state index contributed by atoms with van der Waals surface area (Å²) in [6.45, 7) is -0.712. The second-order valence-electron chi connectivity index (χ2n) is 21.9. The molecular formula is C62H50Cl2F6N16O6. The number of benzene rings is 5. The molecule has 10 heterocycles. The number of anilines is 4. The Bertz CT molecular complexity index is 5060. The van der Waals surface area contributed by atoms with Crippen molar-refractivity contribution >= 4 is 90.9 Å². The smallest absolute Gasteiger partial charge is 0.352 e. The highest BCUT2D eigenvalue weighted by molar-refractivity contribution is 6.35. The van der Waals surface area contributed by atoms with Crippen LogP contribution in [0.5, 0.6) is 0 Å². The molecule has 0 unspecified atom stereocenters. The minimum Gasteiger partial charge on any atom is -0.352 e. The van der Waals surface area contributed by atoms with Crippen LogP contribution < -0.4 is 44.0 Å². The van der Waals surface area contributed by atoms with Crippen LogP contribution in [0.4, 0.5) is 49.6 Å². The van der Waals surface area contributed by atoms with Crippen molar-refractivity contribution in [2.24, 2.45) is 14.1 Å². The monoisotopic (exact) mass is 1300 g/mol. The van der Waals surface area contributed by atoms with E-state index in [1.807, 2.05) is 18.3 Å². The number of aryl methyl sites for hydroxylation is 4. The van der Waals surface area contributed by atoms with Gasteiger partial charge in [-0.05, 0) is 103 Å². The fourth-order valence-electron chi connectivity index (χ4n) is 11.4. The van der Waals surface area contributed by atoms with Crippen LogP contribution in [-0.4, -0.2) is 76.1 Å². The molecule has 0 radical (unpaired) electrons. The fourth-order valence-corrected chi connectivity index (χ4v) is 11.9. The summed E-state index contributed by atoms with van der Waals surface area (Å²) < 4.78 is 91.4. The highest BCUT2D eigenvalue weighted by Gasteiger charge is 2.27. The first kappa shape index (κ1) is 61.7. The summed E-state index contributed by atoms with van der Waals surface area (Å²) in [7, 11) is 3.48. The van der Waals surface area contributed by atoms with Crippen LogP contribution in [-0.2, 0) is 51.4 Å². The van der Waals surface area contributed by atoms with Crippen molar-refractivity contribution < 1.29 is 35.9 Å². The van der Waals surface area contributed by atoms with Crippen molar-refractivity contribution in [3.05, 3.63) is 218 Å². The third-order valence-corrected chi connectivity index (χ3v) is 16.3. The second kappa shape index (κ2) is 25.4. The number of nitrogens with zero attached hydrogens (tertiary/aromatic N) is 12. The summed E-state index contributed by atoms with van der Waals surface area (Å²) in [5.74, 6) is -10.5. The number of carbonyl (C=O) groups excluding carboxylic acids is 2. The highest BCUT2D eigenvalue weighted by Crippen LogP contribution is 2.38. The molecule has 2 amide bonds. The van der Waals surface area contributed by atoms with Gasteiger partial charge in [0.05, 0.1) is 74.9 Å². The van der Waals surface area contributed by atoms with Gasteiger partial charge in [-0.1, -0.05) is 47.8 Å². The summed E-state index contributed by atoms with van der Waals surface area (Å²) in [6.07, 6.45) is 13.7. The van der Waals surface area contributed by atoms with E-state index in [1.54, 1.807) is 54.1 Å². The van der Waals surface area contributed by atoms with Crippen molar-refractivity contribution in [1.82, 2.24) is 68.4 Å². The summed E-state index contributed by atoms with van der Waals surface area (Å²) in [4.78, 5) is 98.5. The summed E-state index contributed by atoms with van der Waals surface area (Å²) in [5, 5.41) is 23.6. The quantitative estimate of drug-likeness (QED) is 0.0947. The molecule has 4 aliphatic rings. The molecule has 0 aliphatic carbocycles. The number of hydrogen-bond acceptors (Lipinski definition) is 14. The molecule has 5 aromatic carbocycles. The van der Waals surface area contributed by atoms with Crippen molar-refractivity contribution in [2.75, 3.05) is 17.2 Å². The van der Waals surface area contributed by atoms with E-state index in [-0.39, 0.29) is 74.6 Å². The lowest BCUT2D eigenvalue weighted by Crippen LogP contribution is -2.43. The average molecular weight is 1300 g/mol. The Balaban J connectivity index is 0.000000178. The van der Waals surface area contributed by atoms with Crippen molar-refractivity contribution in [1.29, 1.82) is 0 Å². The number of carbonyl (C=O) groups is 2. The van der Waals surface area contributed by atoms with Crippen LogP contribution in [0, 0.1) is 34.9 Å². The molecule has 11 aromatic rings. The number of pyridine rings is 2. The maximum absolute atomic E-state index is 14.4. The zero-order valence-electron chi connectivity index (χ0n) is 48.6. The number of hydrogen-bond donors (Lipinski definition) is 4. The molecule has 4 N–H and O–H groups in total. The Morgan fingerprint density at radius 2 is 1.10 bits per heavy atom. The van der Waals surface area contributed by atoms with Crippen LogP contribution >= 0.6 is 23.2 Å². The third-order valence-electron chi connectivity index (χ3n) is 15.7. The average Bonchev–Trinajstić information content (AvgIpc) is 0.870. The number of fused-ring (bicyclic) bond motifs is 18. The Labute approximate surface area is 524 Å². The molecule has 15 rings (SSSR count). The Hall–Kier alpha value is -10.5. The van der Waals surface area contributed by atoms with Gasteiger partial charge < -0.3 is 21.3 Å². The minimum absolute atomic E-state index is 0.00779. The van der Waals surface area contributed by atoms with Gasteiger partial charge in [-0.2, -0.15) is 20.2 Å². The lowest BCUT2D eigenvalue weighted by molar-refractivity contribution is -0.121. The minimum atomic E-state index is -1.67. The van der Waals surface area contributed by atoms with Crippen molar-refractivity contribution in [3.8, 4) is 11.4 Å². The number of halogens is 8. The first-order valence-electron chi connectivity index (χ1n) is 28.6. The normalized spacial score (nSPS) is 13.8. The number of amides is 2. The van der Waals surface area contributed by atoms with Crippen LogP contribution in [0.15, 0.2) is 117 Å². The zero-order chi connectivity index (χ0) is 64.8. The number of nitrogens with one attached hydrogen (secondary N) is 4. The van der Waals surface area contributed by atoms with Crippen LogP contribution in [0.25, 0.3) is 44.0 Å². The molecular weight excluding hydrogens is 1250 g/mol. The first-order chi connectivity index (χ1) is 44.2. The molecule has 6 aromatic heterocycles. The molecule has 4 bridgehead atoms. The maximum atomic E-state index is 14.4. The molecule has 92 heavy (non-hydrogen) atoms. The topological polar surface area (TPSA) is 257 Å². The lowest BCUT2D eigenvalue weighted by atomic mass is 9.99.